The first-order chi connectivity index (χ1) is 14.0. The molecule has 6 nitrogen and oxygen atoms in total. The van der Waals surface area contributed by atoms with Gasteiger partial charge in [0.2, 0.25) is 0 Å². The van der Waals surface area contributed by atoms with Crippen molar-refractivity contribution in [2.75, 3.05) is 0 Å². The topological polar surface area (TPSA) is 78.5 Å². The van der Waals surface area contributed by atoms with Crippen molar-refractivity contribution in [2.45, 2.75) is 57.4 Å². The number of carbonyl (C=O) groups is 3. The smallest absolute Gasteiger partial charge is 0.322 e. The molecule has 1 saturated heterocycles. The average Bonchev–Trinajstić information content (AvgIpc) is 3.12. The number of carbonyl (C=O) groups excluding carboxylic acids is 3. The van der Waals surface area contributed by atoms with Crippen LogP contribution < -0.4 is 10.7 Å². The van der Waals surface area contributed by atoms with Crippen molar-refractivity contribution in [3.8, 4) is 0 Å². The second kappa shape index (κ2) is 7.99. The van der Waals surface area contributed by atoms with Crippen molar-refractivity contribution < 1.29 is 14.4 Å². The van der Waals surface area contributed by atoms with Crippen molar-refractivity contribution >= 4 is 29.2 Å². The molecule has 1 atom stereocenters. The fraction of sp³-hybridized carbons (Fsp3) is 0.409. The minimum Gasteiger partial charge on any atom is -0.322 e. The van der Waals surface area contributed by atoms with E-state index in [1.54, 1.807) is 6.92 Å². The van der Waals surface area contributed by atoms with Crippen LogP contribution in [-0.2, 0) is 24.1 Å². The number of imide groups is 1. The average molecular weight is 412 g/mol. The third-order valence-electron chi connectivity index (χ3n) is 5.70. The zero-order valence-electron chi connectivity index (χ0n) is 16.5. The summed E-state index contributed by atoms with van der Waals surface area (Å²) in [7, 11) is 0. The Morgan fingerprint density at radius 3 is 2.72 bits per heavy atom. The summed E-state index contributed by atoms with van der Waals surface area (Å²) in [6.45, 7) is 1.70. The number of thiophene rings is 1. The number of amides is 4. The standard InChI is InChI=1S/C22H25N3O3S/c1-22(13-12-15-8-4-2-5-9-15)20(27)25(21(28)23-22)24-19(26)18-14-16-10-6-3-7-11-17(16)29-18/h2,4-5,8-9,14H,3,6-7,10-13H2,1H3,(H,23,28)(H,24,26). The summed E-state index contributed by atoms with van der Waals surface area (Å²) in [5, 5.41) is 3.57. The number of rotatable bonds is 5. The summed E-state index contributed by atoms with van der Waals surface area (Å²) in [4.78, 5) is 39.8. The predicted octanol–water partition coefficient (Wildman–Crippen LogP) is 3.61. The molecule has 1 aromatic heterocycles. The summed E-state index contributed by atoms with van der Waals surface area (Å²) in [6, 6.07) is 11.1. The number of nitrogens with one attached hydrogen (secondary N) is 2. The SMILES string of the molecule is CC1(CCc2ccccc2)NC(=O)N(NC(=O)c2cc3c(s2)CCCCC3)C1=O. The van der Waals surface area contributed by atoms with Crippen LogP contribution >= 0.6 is 11.3 Å². The van der Waals surface area contributed by atoms with Crippen molar-refractivity contribution in [1.82, 2.24) is 15.8 Å². The van der Waals surface area contributed by atoms with Crippen LogP contribution in [0.25, 0.3) is 0 Å². The molecule has 0 spiro atoms. The first-order valence-corrected chi connectivity index (χ1v) is 10.9. The molecule has 1 aromatic carbocycles. The van der Waals surface area contributed by atoms with Crippen LogP contribution in [0.2, 0.25) is 0 Å². The lowest BCUT2D eigenvalue weighted by Crippen LogP contribution is -2.48. The fourth-order valence-electron chi connectivity index (χ4n) is 3.93. The number of fused-ring (bicyclic) bond motifs is 1. The van der Waals surface area contributed by atoms with Gasteiger partial charge in [-0.15, -0.1) is 11.3 Å². The van der Waals surface area contributed by atoms with E-state index in [0.29, 0.717) is 17.7 Å². The largest absolute Gasteiger partial charge is 0.344 e. The highest BCUT2D eigenvalue weighted by Gasteiger charge is 2.48. The Kier molecular flexibility index (Phi) is 5.41. The normalized spacial score (nSPS) is 21.5. The third kappa shape index (κ3) is 4.05. The van der Waals surface area contributed by atoms with E-state index in [1.165, 1.54) is 28.2 Å². The number of nitrogens with zero attached hydrogens (tertiary/aromatic N) is 1. The Bertz CT molecular complexity index is 917. The molecule has 4 rings (SSSR count). The molecule has 152 valence electrons. The first kappa shape index (κ1) is 19.6. The monoisotopic (exact) mass is 411 g/mol. The van der Waals surface area contributed by atoms with Gasteiger partial charge >= 0.3 is 6.03 Å². The summed E-state index contributed by atoms with van der Waals surface area (Å²) >= 11 is 1.47. The molecule has 2 aromatic rings. The quantitative estimate of drug-likeness (QED) is 0.583. The molecule has 2 heterocycles. The minimum atomic E-state index is -1.03. The molecule has 0 bridgehead atoms. The predicted molar refractivity (Wildman–Crippen MR) is 112 cm³/mol. The number of hydrogen-bond acceptors (Lipinski definition) is 4. The maximum absolute atomic E-state index is 12.9. The lowest BCUT2D eigenvalue weighted by atomic mass is 9.93. The van der Waals surface area contributed by atoms with Crippen LogP contribution in [-0.4, -0.2) is 28.4 Å². The molecule has 1 unspecified atom stereocenters. The van der Waals surface area contributed by atoms with Gasteiger partial charge in [-0.05, 0) is 62.6 Å². The fourth-order valence-corrected chi connectivity index (χ4v) is 5.07. The van der Waals surface area contributed by atoms with Gasteiger partial charge in [-0.2, -0.15) is 5.01 Å². The molecular weight excluding hydrogens is 386 g/mol. The van der Waals surface area contributed by atoms with Crippen molar-refractivity contribution in [2.24, 2.45) is 0 Å². The van der Waals surface area contributed by atoms with E-state index < -0.39 is 23.4 Å². The molecule has 1 aliphatic carbocycles. The summed E-state index contributed by atoms with van der Waals surface area (Å²) in [5.41, 5.74) is 3.80. The van der Waals surface area contributed by atoms with Gasteiger partial charge in [0.15, 0.2) is 0 Å². The lowest BCUT2D eigenvalue weighted by molar-refractivity contribution is -0.132. The van der Waals surface area contributed by atoms with E-state index in [1.807, 2.05) is 36.4 Å². The van der Waals surface area contributed by atoms with E-state index in [-0.39, 0.29) is 0 Å². The molecule has 1 aliphatic heterocycles. The van der Waals surface area contributed by atoms with Gasteiger partial charge in [0.1, 0.15) is 5.54 Å². The molecule has 0 radical (unpaired) electrons. The van der Waals surface area contributed by atoms with Gasteiger partial charge in [-0.25, -0.2) is 4.79 Å². The van der Waals surface area contributed by atoms with Gasteiger partial charge in [-0.3, -0.25) is 15.0 Å². The number of urea groups is 1. The van der Waals surface area contributed by atoms with Crippen LogP contribution in [0, 0.1) is 0 Å². The Morgan fingerprint density at radius 1 is 1.17 bits per heavy atom. The van der Waals surface area contributed by atoms with Gasteiger partial charge in [-0.1, -0.05) is 36.8 Å². The second-order valence-electron chi connectivity index (χ2n) is 7.95. The Hall–Kier alpha value is -2.67. The van der Waals surface area contributed by atoms with Gasteiger partial charge in [0.05, 0.1) is 4.88 Å². The van der Waals surface area contributed by atoms with Crippen molar-refractivity contribution in [3.05, 3.63) is 57.3 Å². The molecule has 2 aliphatic rings. The van der Waals surface area contributed by atoms with Crippen molar-refractivity contribution in [1.29, 1.82) is 0 Å². The molecule has 1 fully saturated rings. The van der Waals surface area contributed by atoms with E-state index in [4.69, 9.17) is 0 Å². The van der Waals surface area contributed by atoms with Crippen molar-refractivity contribution in [3.63, 3.8) is 0 Å². The van der Waals surface area contributed by atoms with E-state index in [9.17, 15) is 14.4 Å². The number of benzene rings is 1. The molecule has 29 heavy (non-hydrogen) atoms. The minimum absolute atomic E-state index is 0.404. The van der Waals surface area contributed by atoms with Crippen LogP contribution in [0.5, 0.6) is 0 Å². The molecule has 4 amide bonds. The first-order valence-electron chi connectivity index (χ1n) is 10.1. The van der Waals surface area contributed by atoms with E-state index in [2.05, 4.69) is 10.7 Å². The number of aryl methyl sites for hydroxylation is 3. The summed E-state index contributed by atoms with van der Waals surface area (Å²) in [6.07, 6.45) is 6.59. The van der Waals surface area contributed by atoms with E-state index in [0.717, 1.165) is 36.3 Å². The highest BCUT2D eigenvalue weighted by atomic mass is 32.1. The highest BCUT2D eigenvalue weighted by Crippen LogP contribution is 2.29. The molecular formula is C22H25N3O3S. The number of hydrazine groups is 1. The van der Waals surface area contributed by atoms with Crippen LogP contribution in [0.4, 0.5) is 4.79 Å². The molecule has 2 N–H and O–H groups in total. The Morgan fingerprint density at radius 2 is 1.93 bits per heavy atom. The van der Waals surface area contributed by atoms with Gasteiger partial charge in [0, 0.05) is 4.88 Å². The zero-order valence-corrected chi connectivity index (χ0v) is 17.3. The maximum atomic E-state index is 12.9. The highest BCUT2D eigenvalue weighted by molar-refractivity contribution is 7.14. The second-order valence-corrected chi connectivity index (χ2v) is 9.09. The van der Waals surface area contributed by atoms with E-state index >= 15 is 0 Å². The van der Waals surface area contributed by atoms with Crippen LogP contribution in [0.3, 0.4) is 0 Å². The summed E-state index contributed by atoms with van der Waals surface area (Å²) in [5.74, 6) is -0.830. The molecule has 0 saturated carbocycles. The Labute approximate surface area is 174 Å². The van der Waals surface area contributed by atoms with Crippen LogP contribution in [0.15, 0.2) is 36.4 Å². The van der Waals surface area contributed by atoms with Gasteiger partial charge < -0.3 is 5.32 Å². The molecule has 7 heteroatoms. The Balaban J connectivity index is 1.43. The third-order valence-corrected chi connectivity index (χ3v) is 6.94. The van der Waals surface area contributed by atoms with Crippen LogP contribution in [0.1, 0.15) is 58.3 Å². The number of hydrogen-bond donors (Lipinski definition) is 2. The maximum Gasteiger partial charge on any atom is 0.344 e. The van der Waals surface area contributed by atoms with Gasteiger partial charge in [0.25, 0.3) is 11.8 Å². The summed E-state index contributed by atoms with van der Waals surface area (Å²) < 4.78 is 0. The zero-order chi connectivity index (χ0) is 20.4. The lowest BCUT2D eigenvalue weighted by Gasteiger charge is -2.21.